The van der Waals surface area contributed by atoms with Gasteiger partial charge in [0.25, 0.3) is 0 Å². The average Bonchev–Trinajstić information content (AvgIpc) is 3.04. The molecule has 45 heavy (non-hydrogen) atoms. The van der Waals surface area contributed by atoms with Crippen LogP contribution in [0, 0.1) is 0 Å². The van der Waals surface area contributed by atoms with Gasteiger partial charge in [0, 0.05) is 12.2 Å². The highest BCUT2D eigenvalue weighted by Gasteiger charge is 1.95. The van der Waals surface area contributed by atoms with E-state index in [0.717, 1.165) is 12.8 Å². The average molecular weight is 631 g/mol. The number of methoxy groups -OCH3 is 1. The molecular formula is C41H74O4. The minimum atomic E-state index is -0.884. The highest BCUT2D eigenvalue weighted by Crippen LogP contribution is 2.14. The normalized spacial score (nSPS) is 11.6. The molecule has 0 aliphatic heterocycles. The van der Waals surface area contributed by atoms with E-state index in [-0.39, 0.29) is 5.97 Å². The Balaban J connectivity index is 0. The van der Waals surface area contributed by atoms with Crippen molar-refractivity contribution in [3.63, 3.8) is 0 Å². The van der Waals surface area contributed by atoms with Crippen molar-refractivity contribution < 1.29 is 19.4 Å². The number of hydrogen-bond donors (Lipinski definition) is 1. The van der Waals surface area contributed by atoms with E-state index in [2.05, 4.69) is 30.7 Å². The van der Waals surface area contributed by atoms with E-state index in [1.165, 1.54) is 186 Å². The zero-order valence-electron chi connectivity index (χ0n) is 30.1. The molecule has 0 aliphatic rings. The zero-order valence-corrected chi connectivity index (χ0v) is 30.1. The Hall–Kier alpha value is -2.10. The summed E-state index contributed by atoms with van der Waals surface area (Å²) in [6.07, 6.45) is 52.1. The lowest BCUT2D eigenvalue weighted by Gasteiger charge is -2.02. The second kappa shape index (κ2) is 41.9. The first kappa shape index (κ1) is 45.0. The monoisotopic (exact) mass is 631 g/mol. The van der Waals surface area contributed by atoms with Crippen LogP contribution < -0.4 is 0 Å². The predicted molar refractivity (Wildman–Crippen MR) is 197 cm³/mol. The van der Waals surface area contributed by atoms with Crippen molar-refractivity contribution in [3.05, 3.63) is 48.6 Å². The van der Waals surface area contributed by atoms with Gasteiger partial charge in [0.2, 0.25) is 0 Å². The fourth-order valence-electron chi connectivity index (χ4n) is 5.25. The zero-order chi connectivity index (χ0) is 33.3. The van der Waals surface area contributed by atoms with Crippen LogP contribution >= 0.6 is 0 Å². The maximum atomic E-state index is 10.8. The predicted octanol–water partition coefficient (Wildman–Crippen LogP) is 13.4. The van der Waals surface area contributed by atoms with E-state index in [4.69, 9.17) is 5.11 Å². The molecule has 0 radical (unpaired) electrons. The highest BCUT2D eigenvalue weighted by molar-refractivity contribution is 5.82. The standard InChI is InChI=1S/C21H38O2.C20H36O2/c1-3-4-5-6-7-8-9-10-11-12-13-14-15-16-17-18-19-20-21(22)23-2;1-2-3-4-5-6-7-8-9-10-11-12-13-14-15-16-17-18-19-20(21)22/h17-20H,3-16H2,1-2H3;16-19H,2-15H2,1H3,(H,21,22)/b18-17+,20-19+;17-16+,19-18+. The lowest BCUT2D eigenvalue weighted by molar-refractivity contribution is -0.135. The third kappa shape index (κ3) is 46.4. The molecule has 0 aromatic rings. The molecule has 262 valence electrons. The van der Waals surface area contributed by atoms with Gasteiger partial charge in [0.1, 0.15) is 0 Å². The van der Waals surface area contributed by atoms with E-state index < -0.39 is 5.97 Å². The minimum absolute atomic E-state index is 0.296. The fraction of sp³-hybridized carbons (Fsp3) is 0.756. The van der Waals surface area contributed by atoms with E-state index in [1.54, 1.807) is 12.2 Å². The summed E-state index contributed by atoms with van der Waals surface area (Å²) in [5.74, 6) is -1.18. The summed E-state index contributed by atoms with van der Waals surface area (Å²) in [5.41, 5.74) is 0. The Morgan fingerprint density at radius 2 is 0.733 bits per heavy atom. The molecule has 0 heterocycles. The van der Waals surface area contributed by atoms with Crippen LogP contribution in [0.5, 0.6) is 0 Å². The molecule has 0 bridgehead atoms. The van der Waals surface area contributed by atoms with Crippen LogP contribution in [-0.2, 0) is 14.3 Å². The van der Waals surface area contributed by atoms with Crippen LogP contribution in [-0.4, -0.2) is 24.2 Å². The van der Waals surface area contributed by atoms with Crippen molar-refractivity contribution in [1.82, 2.24) is 0 Å². The molecule has 0 spiro atoms. The molecule has 0 fully saturated rings. The van der Waals surface area contributed by atoms with E-state index >= 15 is 0 Å². The SMILES string of the molecule is CCCCCCCCCCCCCCC/C=C/C=C/C(=O)O.CCCCCCCCCCCCCCC/C=C/C=C/C(=O)OC. The van der Waals surface area contributed by atoms with E-state index in [9.17, 15) is 9.59 Å². The Kier molecular flexibility index (Phi) is 41.9. The number of ether oxygens (including phenoxy) is 1. The Morgan fingerprint density at radius 1 is 0.444 bits per heavy atom. The Morgan fingerprint density at radius 3 is 1.02 bits per heavy atom. The number of aliphatic carboxylic acids is 1. The topological polar surface area (TPSA) is 63.6 Å². The smallest absolute Gasteiger partial charge is 0.330 e. The molecule has 0 aromatic heterocycles. The van der Waals surface area contributed by atoms with Crippen LogP contribution in [0.2, 0.25) is 0 Å². The summed E-state index contributed by atoms with van der Waals surface area (Å²) < 4.78 is 4.52. The molecule has 1 N–H and O–H groups in total. The molecule has 0 saturated carbocycles. The fourth-order valence-corrected chi connectivity index (χ4v) is 5.25. The van der Waals surface area contributed by atoms with Crippen LogP contribution in [0.25, 0.3) is 0 Å². The lowest BCUT2D eigenvalue weighted by Crippen LogP contribution is -1.92. The minimum Gasteiger partial charge on any atom is -0.478 e. The molecule has 0 unspecified atom stereocenters. The molecule has 4 nitrogen and oxygen atoms in total. The van der Waals surface area contributed by atoms with Gasteiger partial charge in [-0.15, -0.1) is 0 Å². The number of hydrogen-bond acceptors (Lipinski definition) is 3. The van der Waals surface area contributed by atoms with Gasteiger partial charge in [0.15, 0.2) is 0 Å². The second-order valence-corrected chi connectivity index (χ2v) is 12.5. The van der Waals surface area contributed by atoms with Gasteiger partial charge in [-0.3, -0.25) is 0 Å². The number of rotatable bonds is 32. The summed E-state index contributed by atoms with van der Waals surface area (Å²) >= 11 is 0. The number of esters is 1. The summed E-state index contributed by atoms with van der Waals surface area (Å²) in [7, 11) is 1.39. The number of carbonyl (C=O) groups is 2. The number of carbonyl (C=O) groups excluding carboxylic acids is 1. The van der Waals surface area contributed by atoms with Gasteiger partial charge in [-0.2, -0.15) is 0 Å². The third-order valence-electron chi connectivity index (χ3n) is 8.12. The molecule has 0 saturated heterocycles. The third-order valence-corrected chi connectivity index (χ3v) is 8.12. The van der Waals surface area contributed by atoms with Gasteiger partial charge in [-0.05, 0) is 25.7 Å². The first-order valence-electron chi connectivity index (χ1n) is 19.1. The van der Waals surface area contributed by atoms with Gasteiger partial charge < -0.3 is 9.84 Å². The van der Waals surface area contributed by atoms with Gasteiger partial charge in [0.05, 0.1) is 7.11 Å². The molecule has 0 aromatic carbocycles. The van der Waals surface area contributed by atoms with Crippen molar-refractivity contribution in [2.24, 2.45) is 0 Å². The quantitative estimate of drug-likeness (QED) is 0.0347. The number of allylic oxidation sites excluding steroid dienone is 6. The first-order valence-corrected chi connectivity index (χ1v) is 19.1. The largest absolute Gasteiger partial charge is 0.478 e. The molecule has 0 rings (SSSR count). The van der Waals surface area contributed by atoms with Crippen LogP contribution in [0.4, 0.5) is 0 Å². The van der Waals surface area contributed by atoms with Crippen molar-refractivity contribution in [1.29, 1.82) is 0 Å². The summed E-state index contributed by atoms with van der Waals surface area (Å²) in [6.45, 7) is 4.55. The van der Waals surface area contributed by atoms with E-state index in [1.807, 2.05) is 12.2 Å². The molecule has 0 aliphatic carbocycles. The number of carboxylic acid groups (broad SMARTS) is 1. The van der Waals surface area contributed by atoms with Crippen LogP contribution in [0.3, 0.4) is 0 Å². The number of carboxylic acids is 1. The molecule has 4 heteroatoms. The summed E-state index contributed by atoms with van der Waals surface area (Å²) in [5, 5.41) is 8.42. The lowest BCUT2D eigenvalue weighted by atomic mass is 10.0. The van der Waals surface area contributed by atoms with Gasteiger partial charge >= 0.3 is 11.9 Å². The van der Waals surface area contributed by atoms with Crippen molar-refractivity contribution in [2.45, 2.75) is 194 Å². The van der Waals surface area contributed by atoms with Crippen molar-refractivity contribution >= 4 is 11.9 Å². The second-order valence-electron chi connectivity index (χ2n) is 12.5. The van der Waals surface area contributed by atoms with Crippen LogP contribution in [0.15, 0.2) is 48.6 Å². The Labute approximate surface area is 280 Å². The maximum absolute atomic E-state index is 10.8. The maximum Gasteiger partial charge on any atom is 0.330 e. The van der Waals surface area contributed by atoms with Crippen LogP contribution in [0.1, 0.15) is 194 Å². The van der Waals surface area contributed by atoms with Crippen molar-refractivity contribution in [3.8, 4) is 0 Å². The van der Waals surface area contributed by atoms with Gasteiger partial charge in [-0.25, -0.2) is 9.59 Å². The molecular weight excluding hydrogens is 556 g/mol. The molecule has 0 amide bonds. The highest BCUT2D eigenvalue weighted by atomic mass is 16.5. The first-order chi connectivity index (χ1) is 22.1. The van der Waals surface area contributed by atoms with Gasteiger partial charge in [-0.1, -0.05) is 204 Å². The van der Waals surface area contributed by atoms with E-state index in [0.29, 0.717) is 0 Å². The number of unbranched alkanes of at least 4 members (excludes halogenated alkanes) is 26. The van der Waals surface area contributed by atoms with Crippen molar-refractivity contribution in [2.75, 3.05) is 7.11 Å². The Bertz CT molecular complexity index is 719. The summed E-state index contributed by atoms with van der Waals surface area (Å²) in [4.78, 5) is 21.1. The summed E-state index contributed by atoms with van der Waals surface area (Å²) in [6, 6.07) is 0. The molecule has 0 atom stereocenters.